The highest BCUT2D eigenvalue weighted by molar-refractivity contribution is 5.77. The van der Waals surface area contributed by atoms with Crippen LogP contribution in [0.3, 0.4) is 0 Å². The van der Waals surface area contributed by atoms with E-state index in [2.05, 4.69) is 4.98 Å². The summed E-state index contributed by atoms with van der Waals surface area (Å²) in [5.41, 5.74) is 0.933. The Bertz CT molecular complexity index is 702. The molecule has 2 aromatic rings. The van der Waals surface area contributed by atoms with Crippen molar-refractivity contribution >= 4 is 10.9 Å². The van der Waals surface area contributed by atoms with E-state index in [1.165, 1.54) is 4.57 Å². The minimum Gasteiger partial charge on any atom is -0.307 e. The molecule has 0 bridgehead atoms. The maximum absolute atomic E-state index is 12.3. The number of aryl methyl sites for hydroxylation is 1. The number of aromatic amines is 1. The number of fused-ring (bicyclic) bond motifs is 1. The number of rotatable bonds is 1. The summed E-state index contributed by atoms with van der Waals surface area (Å²) in [6.45, 7) is 8.33. The summed E-state index contributed by atoms with van der Waals surface area (Å²) in [6, 6.07) is 5.47. The predicted octanol–water partition coefficient (Wildman–Crippen LogP) is 2.04. The molecule has 0 amide bonds. The average molecular weight is 246 g/mol. The molecule has 1 N–H and O–H groups in total. The maximum Gasteiger partial charge on any atom is 0.328 e. The lowest BCUT2D eigenvalue weighted by molar-refractivity contribution is 0.332. The zero-order valence-corrected chi connectivity index (χ0v) is 11.2. The van der Waals surface area contributed by atoms with E-state index in [1.807, 2.05) is 39.8 Å². The van der Waals surface area contributed by atoms with Gasteiger partial charge in [0.25, 0.3) is 5.56 Å². The minimum atomic E-state index is -0.341. The van der Waals surface area contributed by atoms with Gasteiger partial charge < -0.3 is 4.98 Å². The Morgan fingerprint density at radius 2 is 1.89 bits per heavy atom. The van der Waals surface area contributed by atoms with Crippen molar-refractivity contribution < 1.29 is 0 Å². The lowest BCUT2D eigenvalue weighted by Gasteiger charge is -2.19. The molecule has 1 heterocycles. The summed E-state index contributed by atoms with van der Waals surface area (Å²) >= 11 is 0. The van der Waals surface area contributed by atoms with Gasteiger partial charge in [0.15, 0.2) is 0 Å². The van der Waals surface area contributed by atoms with Gasteiger partial charge in [0.2, 0.25) is 0 Å². The zero-order valence-electron chi connectivity index (χ0n) is 11.2. The molecule has 4 heteroatoms. The number of hydrogen-bond donors (Lipinski definition) is 1. The summed E-state index contributed by atoms with van der Waals surface area (Å²) in [7, 11) is 0. The van der Waals surface area contributed by atoms with E-state index >= 15 is 0 Å². The van der Waals surface area contributed by atoms with Gasteiger partial charge >= 0.3 is 5.69 Å². The van der Waals surface area contributed by atoms with Gasteiger partial charge in [-0.2, -0.15) is 0 Å². The van der Waals surface area contributed by atoms with Gasteiger partial charge in [0, 0.05) is 6.54 Å². The van der Waals surface area contributed by atoms with E-state index < -0.39 is 0 Å². The van der Waals surface area contributed by atoms with Crippen LogP contribution in [-0.2, 0) is 6.54 Å². The van der Waals surface area contributed by atoms with Gasteiger partial charge in [-0.05, 0) is 24.5 Å². The van der Waals surface area contributed by atoms with Crippen LogP contribution in [0.1, 0.15) is 26.3 Å². The third kappa shape index (κ3) is 2.37. The van der Waals surface area contributed by atoms with Crippen molar-refractivity contribution in [3.8, 4) is 0 Å². The molecule has 2 rings (SSSR count). The minimum absolute atomic E-state index is 0.117. The molecule has 18 heavy (non-hydrogen) atoms. The lowest BCUT2D eigenvalue weighted by atomic mass is 9.97. The van der Waals surface area contributed by atoms with E-state index in [1.54, 1.807) is 6.07 Å². The van der Waals surface area contributed by atoms with E-state index in [9.17, 15) is 9.59 Å². The molecule has 96 valence electrons. The second-order valence-electron chi connectivity index (χ2n) is 5.93. The van der Waals surface area contributed by atoms with Gasteiger partial charge in [-0.1, -0.05) is 32.4 Å². The molecule has 0 radical (unpaired) electrons. The molecule has 0 saturated carbocycles. The average Bonchev–Trinajstić information content (AvgIpc) is 2.24. The topological polar surface area (TPSA) is 54.9 Å². The predicted molar refractivity (Wildman–Crippen MR) is 73.0 cm³/mol. The van der Waals surface area contributed by atoms with Gasteiger partial charge in [-0.15, -0.1) is 0 Å². The van der Waals surface area contributed by atoms with Crippen LogP contribution < -0.4 is 11.2 Å². The largest absolute Gasteiger partial charge is 0.328 e. The first kappa shape index (κ1) is 12.6. The Morgan fingerprint density at radius 3 is 2.50 bits per heavy atom. The van der Waals surface area contributed by atoms with Gasteiger partial charge in [0.05, 0.1) is 10.9 Å². The summed E-state index contributed by atoms with van der Waals surface area (Å²) in [4.78, 5) is 27.0. The van der Waals surface area contributed by atoms with Crippen LogP contribution in [0.5, 0.6) is 0 Å². The Hall–Kier alpha value is -1.84. The number of H-pyrrole nitrogens is 1. The van der Waals surface area contributed by atoms with Crippen LogP contribution in [0.25, 0.3) is 10.9 Å². The second-order valence-corrected chi connectivity index (χ2v) is 5.93. The van der Waals surface area contributed by atoms with E-state index in [0.717, 1.165) is 5.56 Å². The van der Waals surface area contributed by atoms with Crippen molar-refractivity contribution in [2.75, 3.05) is 0 Å². The van der Waals surface area contributed by atoms with E-state index in [-0.39, 0.29) is 16.7 Å². The highest BCUT2D eigenvalue weighted by atomic mass is 16.2. The quantitative estimate of drug-likeness (QED) is 0.837. The fourth-order valence-corrected chi connectivity index (χ4v) is 1.98. The number of nitrogens with zero attached hydrogens (tertiary/aromatic N) is 1. The molecule has 0 unspecified atom stereocenters. The number of hydrogen-bond acceptors (Lipinski definition) is 2. The molecule has 0 atom stereocenters. The Kier molecular flexibility index (Phi) is 2.89. The molecule has 0 saturated heterocycles. The summed E-state index contributed by atoms with van der Waals surface area (Å²) in [5.74, 6) is 0. The van der Waals surface area contributed by atoms with Crippen molar-refractivity contribution in [2.24, 2.45) is 5.41 Å². The molecule has 0 aliphatic rings. The van der Waals surface area contributed by atoms with E-state index in [4.69, 9.17) is 0 Å². The van der Waals surface area contributed by atoms with E-state index in [0.29, 0.717) is 17.4 Å². The molecule has 0 fully saturated rings. The molecular formula is C14H18N2O2. The lowest BCUT2D eigenvalue weighted by Crippen LogP contribution is -2.38. The molecule has 1 aromatic heterocycles. The first-order valence-corrected chi connectivity index (χ1v) is 6.01. The third-order valence-corrected chi connectivity index (χ3v) is 2.77. The van der Waals surface area contributed by atoms with Crippen molar-refractivity contribution in [1.29, 1.82) is 0 Å². The van der Waals surface area contributed by atoms with Crippen molar-refractivity contribution in [3.63, 3.8) is 0 Å². The van der Waals surface area contributed by atoms with Crippen LogP contribution in [-0.4, -0.2) is 9.55 Å². The zero-order chi connectivity index (χ0) is 13.5. The van der Waals surface area contributed by atoms with Gasteiger partial charge in [-0.25, -0.2) is 4.79 Å². The van der Waals surface area contributed by atoms with Crippen LogP contribution in [0.2, 0.25) is 0 Å². The van der Waals surface area contributed by atoms with Crippen molar-refractivity contribution in [1.82, 2.24) is 9.55 Å². The SMILES string of the molecule is Cc1ccc2[nH]c(=O)n(CC(C)(C)C)c(=O)c2c1. The highest BCUT2D eigenvalue weighted by Gasteiger charge is 2.15. The number of benzene rings is 1. The monoisotopic (exact) mass is 246 g/mol. The first-order chi connectivity index (χ1) is 8.28. The molecule has 4 nitrogen and oxygen atoms in total. The molecule has 0 spiro atoms. The maximum atomic E-state index is 12.3. The van der Waals surface area contributed by atoms with Gasteiger partial charge in [-0.3, -0.25) is 9.36 Å². The third-order valence-electron chi connectivity index (χ3n) is 2.77. The Balaban J connectivity index is 2.76. The summed E-state index contributed by atoms with van der Waals surface area (Å²) in [5, 5.41) is 0.568. The fourth-order valence-electron chi connectivity index (χ4n) is 1.98. The normalized spacial score (nSPS) is 12.0. The molecule has 0 aliphatic heterocycles. The smallest absolute Gasteiger partial charge is 0.307 e. The summed E-state index contributed by atoms with van der Waals surface area (Å²) in [6.07, 6.45) is 0. The second kappa shape index (κ2) is 4.12. The van der Waals surface area contributed by atoms with Crippen LogP contribution in [0.15, 0.2) is 27.8 Å². The van der Waals surface area contributed by atoms with Crippen molar-refractivity contribution in [3.05, 3.63) is 44.6 Å². The first-order valence-electron chi connectivity index (χ1n) is 6.01. The number of aromatic nitrogens is 2. The summed E-state index contributed by atoms with van der Waals surface area (Å²) < 4.78 is 1.28. The fraction of sp³-hybridized carbons (Fsp3) is 0.429. The molecule has 1 aromatic carbocycles. The van der Waals surface area contributed by atoms with Crippen LogP contribution >= 0.6 is 0 Å². The van der Waals surface area contributed by atoms with Crippen LogP contribution in [0, 0.1) is 12.3 Å². The highest BCUT2D eigenvalue weighted by Crippen LogP contribution is 2.14. The van der Waals surface area contributed by atoms with Gasteiger partial charge in [0.1, 0.15) is 0 Å². The Labute approximate surface area is 105 Å². The Morgan fingerprint density at radius 1 is 1.22 bits per heavy atom. The molecular weight excluding hydrogens is 228 g/mol. The number of nitrogens with one attached hydrogen (secondary N) is 1. The van der Waals surface area contributed by atoms with Crippen LogP contribution in [0.4, 0.5) is 0 Å². The van der Waals surface area contributed by atoms with Crippen molar-refractivity contribution in [2.45, 2.75) is 34.2 Å². The molecule has 0 aliphatic carbocycles. The standard InChI is InChI=1S/C14H18N2O2/c1-9-5-6-11-10(7-9)12(17)16(13(18)15-11)8-14(2,3)4/h5-7H,8H2,1-4H3,(H,15,18).